The Morgan fingerprint density at radius 3 is 2.43 bits per heavy atom. The van der Waals surface area contributed by atoms with E-state index < -0.39 is 6.10 Å². The Morgan fingerprint density at radius 1 is 1.13 bits per heavy atom. The molecule has 120 valence electrons. The number of benzene rings is 2. The summed E-state index contributed by atoms with van der Waals surface area (Å²) < 4.78 is 11.1. The summed E-state index contributed by atoms with van der Waals surface area (Å²) in [6.07, 6.45) is 1.73. The van der Waals surface area contributed by atoms with Crippen molar-refractivity contribution in [2.75, 3.05) is 11.9 Å². The molecule has 0 radical (unpaired) electrons. The Kier molecular flexibility index (Phi) is 6.24. The number of ether oxygens (including phenoxy) is 2. The van der Waals surface area contributed by atoms with Crippen LogP contribution in [0.4, 0.5) is 5.69 Å². The van der Waals surface area contributed by atoms with E-state index in [0.717, 1.165) is 5.75 Å². The van der Waals surface area contributed by atoms with Crippen LogP contribution in [0.3, 0.4) is 0 Å². The second kappa shape index (κ2) is 8.63. The fourth-order valence-electron chi connectivity index (χ4n) is 2.00. The molecule has 0 saturated carbocycles. The van der Waals surface area contributed by atoms with Gasteiger partial charge in [0.1, 0.15) is 18.1 Å². The molecule has 1 atom stereocenters. The number of hydrogen-bond acceptors (Lipinski definition) is 3. The van der Waals surface area contributed by atoms with E-state index in [1.54, 1.807) is 30.3 Å². The first-order valence-corrected chi connectivity index (χ1v) is 7.59. The van der Waals surface area contributed by atoms with Crippen molar-refractivity contribution in [1.82, 2.24) is 0 Å². The molecule has 0 saturated heterocycles. The summed E-state index contributed by atoms with van der Waals surface area (Å²) in [6, 6.07) is 16.5. The van der Waals surface area contributed by atoms with Crippen LogP contribution in [0.2, 0.25) is 0 Å². The molecule has 1 amide bonds. The van der Waals surface area contributed by atoms with Crippen LogP contribution < -0.4 is 14.8 Å². The molecular formula is C19H21NO3. The van der Waals surface area contributed by atoms with E-state index in [0.29, 0.717) is 24.5 Å². The van der Waals surface area contributed by atoms with Crippen molar-refractivity contribution >= 4 is 11.6 Å². The molecule has 4 nitrogen and oxygen atoms in total. The summed E-state index contributed by atoms with van der Waals surface area (Å²) >= 11 is 0. The summed E-state index contributed by atoms with van der Waals surface area (Å²) in [5.74, 6) is 1.24. The van der Waals surface area contributed by atoms with E-state index in [4.69, 9.17) is 9.47 Å². The van der Waals surface area contributed by atoms with E-state index in [2.05, 4.69) is 11.9 Å². The first-order chi connectivity index (χ1) is 11.2. The fourth-order valence-corrected chi connectivity index (χ4v) is 2.00. The topological polar surface area (TPSA) is 47.6 Å². The molecule has 0 fully saturated rings. The zero-order chi connectivity index (χ0) is 16.5. The van der Waals surface area contributed by atoms with Gasteiger partial charge in [-0.05, 0) is 42.8 Å². The highest BCUT2D eigenvalue weighted by atomic mass is 16.5. The van der Waals surface area contributed by atoms with Crippen molar-refractivity contribution in [2.45, 2.75) is 19.4 Å². The van der Waals surface area contributed by atoms with E-state index in [-0.39, 0.29) is 5.91 Å². The van der Waals surface area contributed by atoms with Gasteiger partial charge in [0.15, 0.2) is 6.10 Å². The Labute approximate surface area is 136 Å². The summed E-state index contributed by atoms with van der Waals surface area (Å²) in [6.45, 7) is 5.97. The van der Waals surface area contributed by atoms with Crippen LogP contribution in [0.25, 0.3) is 0 Å². The Balaban J connectivity index is 1.94. The van der Waals surface area contributed by atoms with Crippen molar-refractivity contribution in [3.63, 3.8) is 0 Å². The Bertz CT molecular complexity index is 623. The highest BCUT2D eigenvalue weighted by molar-refractivity contribution is 5.94. The van der Waals surface area contributed by atoms with Crippen molar-refractivity contribution in [2.24, 2.45) is 0 Å². The van der Waals surface area contributed by atoms with Gasteiger partial charge in [0, 0.05) is 5.69 Å². The molecule has 0 aliphatic rings. The first-order valence-electron chi connectivity index (χ1n) is 7.59. The Hall–Kier alpha value is -2.75. The number of carbonyl (C=O) groups is 1. The van der Waals surface area contributed by atoms with Crippen LogP contribution in [0.1, 0.15) is 13.3 Å². The van der Waals surface area contributed by atoms with Crippen LogP contribution in [-0.2, 0) is 4.79 Å². The molecule has 23 heavy (non-hydrogen) atoms. The van der Waals surface area contributed by atoms with Crippen LogP contribution in [-0.4, -0.2) is 18.6 Å². The maximum Gasteiger partial charge on any atom is 0.265 e. The minimum Gasteiger partial charge on any atom is -0.490 e. The number of nitrogens with one attached hydrogen (secondary N) is 1. The van der Waals surface area contributed by atoms with Gasteiger partial charge < -0.3 is 14.8 Å². The largest absolute Gasteiger partial charge is 0.490 e. The van der Waals surface area contributed by atoms with Crippen molar-refractivity contribution in [3.05, 3.63) is 67.3 Å². The highest BCUT2D eigenvalue weighted by Crippen LogP contribution is 2.17. The van der Waals surface area contributed by atoms with Gasteiger partial charge in [0.25, 0.3) is 5.91 Å². The van der Waals surface area contributed by atoms with Gasteiger partial charge in [-0.1, -0.05) is 37.8 Å². The molecule has 0 aromatic heterocycles. The first kappa shape index (κ1) is 16.6. The molecule has 0 aliphatic carbocycles. The summed E-state index contributed by atoms with van der Waals surface area (Å²) in [7, 11) is 0. The second-order valence-electron chi connectivity index (χ2n) is 4.94. The lowest BCUT2D eigenvalue weighted by molar-refractivity contribution is -0.122. The fraction of sp³-hybridized carbons (Fsp3) is 0.211. The minimum absolute atomic E-state index is 0.170. The van der Waals surface area contributed by atoms with E-state index in [1.165, 1.54) is 0 Å². The average Bonchev–Trinajstić information content (AvgIpc) is 2.60. The van der Waals surface area contributed by atoms with Gasteiger partial charge >= 0.3 is 0 Å². The Morgan fingerprint density at radius 2 is 1.83 bits per heavy atom. The van der Waals surface area contributed by atoms with Crippen LogP contribution >= 0.6 is 0 Å². The minimum atomic E-state index is -0.533. The van der Waals surface area contributed by atoms with E-state index in [1.807, 2.05) is 37.3 Å². The summed E-state index contributed by atoms with van der Waals surface area (Å²) in [4.78, 5) is 12.3. The molecule has 0 heterocycles. The van der Waals surface area contributed by atoms with Gasteiger partial charge in [-0.15, -0.1) is 0 Å². The molecule has 0 aliphatic heterocycles. The third-order valence-corrected chi connectivity index (χ3v) is 3.17. The average molecular weight is 311 g/mol. The molecule has 4 heteroatoms. The normalized spacial score (nSPS) is 11.3. The third-order valence-electron chi connectivity index (χ3n) is 3.17. The lowest BCUT2D eigenvalue weighted by atomic mass is 10.2. The maximum atomic E-state index is 12.3. The molecule has 2 aromatic rings. The number of anilines is 1. The molecular weight excluding hydrogens is 290 g/mol. The number of hydrogen-bond donors (Lipinski definition) is 1. The highest BCUT2D eigenvalue weighted by Gasteiger charge is 2.18. The molecule has 2 rings (SSSR count). The van der Waals surface area contributed by atoms with Gasteiger partial charge in [-0.2, -0.15) is 0 Å². The van der Waals surface area contributed by atoms with E-state index in [9.17, 15) is 4.79 Å². The molecule has 0 bridgehead atoms. The van der Waals surface area contributed by atoms with Gasteiger partial charge in [0.05, 0.1) is 0 Å². The molecule has 1 N–H and O–H groups in total. The quantitative estimate of drug-likeness (QED) is 0.748. The SMILES string of the molecule is C=CCOc1ccc(NC(=O)[C@@H](CC)Oc2ccccc2)cc1. The number of amides is 1. The zero-order valence-corrected chi connectivity index (χ0v) is 13.2. The lowest BCUT2D eigenvalue weighted by Gasteiger charge is -2.17. The van der Waals surface area contributed by atoms with Crippen LogP contribution in [0, 0.1) is 0 Å². The van der Waals surface area contributed by atoms with Gasteiger partial charge in [0.2, 0.25) is 0 Å². The van der Waals surface area contributed by atoms with Crippen molar-refractivity contribution < 1.29 is 14.3 Å². The van der Waals surface area contributed by atoms with Crippen molar-refractivity contribution in [1.29, 1.82) is 0 Å². The smallest absolute Gasteiger partial charge is 0.265 e. The standard InChI is InChI=1S/C19H21NO3/c1-3-14-22-16-12-10-15(11-13-16)20-19(21)18(4-2)23-17-8-6-5-7-9-17/h3,5-13,18H,1,4,14H2,2H3,(H,20,21)/t18-/m1/s1. The molecule has 0 unspecified atom stereocenters. The molecule has 2 aromatic carbocycles. The van der Waals surface area contributed by atoms with Gasteiger partial charge in [-0.25, -0.2) is 0 Å². The van der Waals surface area contributed by atoms with Crippen LogP contribution in [0.5, 0.6) is 11.5 Å². The predicted molar refractivity (Wildman–Crippen MR) is 91.9 cm³/mol. The maximum absolute atomic E-state index is 12.3. The summed E-state index contributed by atoms with van der Waals surface area (Å²) in [5.41, 5.74) is 0.705. The summed E-state index contributed by atoms with van der Waals surface area (Å²) in [5, 5.41) is 2.86. The number of rotatable bonds is 8. The van der Waals surface area contributed by atoms with E-state index >= 15 is 0 Å². The van der Waals surface area contributed by atoms with Gasteiger partial charge in [-0.3, -0.25) is 4.79 Å². The third kappa shape index (κ3) is 5.18. The predicted octanol–water partition coefficient (Wildman–Crippen LogP) is 4.05. The monoisotopic (exact) mass is 311 g/mol. The second-order valence-corrected chi connectivity index (χ2v) is 4.94. The zero-order valence-electron chi connectivity index (χ0n) is 13.2. The number of para-hydroxylation sites is 1. The molecule has 0 spiro atoms. The lowest BCUT2D eigenvalue weighted by Crippen LogP contribution is -2.32. The van der Waals surface area contributed by atoms with Crippen LogP contribution in [0.15, 0.2) is 67.3 Å². The number of carbonyl (C=O) groups excluding carboxylic acids is 1. The van der Waals surface area contributed by atoms with Crippen molar-refractivity contribution in [3.8, 4) is 11.5 Å².